The first kappa shape index (κ1) is 8.71. The van der Waals surface area contributed by atoms with Gasteiger partial charge in [-0.1, -0.05) is 18.2 Å². The molecule has 0 aromatic heterocycles. The number of anilines is 1. The van der Waals surface area contributed by atoms with E-state index in [0.717, 1.165) is 0 Å². The van der Waals surface area contributed by atoms with Gasteiger partial charge < -0.3 is 0 Å². The van der Waals surface area contributed by atoms with E-state index < -0.39 is 11.3 Å². The van der Waals surface area contributed by atoms with Crippen molar-refractivity contribution in [3.05, 3.63) is 30.3 Å². The molecule has 0 radical (unpaired) electrons. The van der Waals surface area contributed by atoms with Crippen LogP contribution < -0.4 is 4.31 Å². The first-order valence-electron chi connectivity index (χ1n) is 3.11. The van der Waals surface area contributed by atoms with Crippen LogP contribution >= 0.6 is 0 Å². The van der Waals surface area contributed by atoms with E-state index in [-0.39, 0.29) is 0 Å². The smallest absolute Gasteiger partial charge is 0.275 e. The second kappa shape index (κ2) is 3.85. The molecule has 1 N–H and O–H groups in total. The van der Waals surface area contributed by atoms with Crippen molar-refractivity contribution in [3.8, 4) is 6.19 Å². The molecule has 0 aliphatic carbocycles. The summed E-state index contributed by atoms with van der Waals surface area (Å²) in [6, 6.07) is 8.30. The Morgan fingerprint density at radius 1 is 1.42 bits per heavy atom. The average molecular weight is 182 g/mol. The monoisotopic (exact) mass is 182 g/mol. The predicted molar refractivity (Wildman–Crippen MR) is 45.3 cm³/mol. The van der Waals surface area contributed by atoms with Crippen molar-refractivity contribution in [1.29, 1.82) is 5.26 Å². The lowest BCUT2D eigenvalue weighted by atomic mass is 10.3. The molecule has 0 aliphatic rings. The number of nitrogens with zero attached hydrogens (tertiary/aromatic N) is 2. The SMILES string of the molecule is N#CN(c1ccccc1)S(=O)O. The molecule has 0 bridgehead atoms. The first-order valence-corrected chi connectivity index (χ1v) is 4.18. The van der Waals surface area contributed by atoms with Crippen LogP contribution in [-0.2, 0) is 11.3 Å². The van der Waals surface area contributed by atoms with Gasteiger partial charge in [0.15, 0.2) is 6.19 Å². The fourth-order valence-electron chi connectivity index (χ4n) is 0.746. The van der Waals surface area contributed by atoms with E-state index in [0.29, 0.717) is 9.99 Å². The molecule has 0 saturated carbocycles. The molecule has 0 heterocycles. The molecule has 1 aromatic carbocycles. The third-order valence-electron chi connectivity index (χ3n) is 1.24. The summed E-state index contributed by atoms with van der Waals surface area (Å²) in [5.41, 5.74) is 0.404. The number of nitriles is 1. The van der Waals surface area contributed by atoms with Crippen LogP contribution in [0.3, 0.4) is 0 Å². The molecule has 5 heteroatoms. The van der Waals surface area contributed by atoms with Gasteiger partial charge in [-0.2, -0.15) is 9.57 Å². The molecule has 1 atom stereocenters. The van der Waals surface area contributed by atoms with Crippen molar-refractivity contribution < 1.29 is 8.76 Å². The van der Waals surface area contributed by atoms with E-state index in [4.69, 9.17) is 9.81 Å². The topological polar surface area (TPSA) is 64.3 Å². The van der Waals surface area contributed by atoms with Crippen LogP contribution in [0.4, 0.5) is 5.69 Å². The second-order valence-corrected chi connectivity index (χ2v) is 2.79. The Hall–Kier alpha value is -1.38. The Bertz CT molecular complexity index is 320. The molecular weight excluding hydrogens is 176 g/mol. The van der Waals surface area contributed by atoms with Crippen LogP contribution in [0.1, 0.15) is 0 Å². The molecular formula is C7H6N2O2S. The van der Waals surface area contributed by atoms with Crippen LogP contribution in [0.2, 0.25) is 0 Å². The maximum absolute atomic E-state index is 10.5. The van der Waals surface area contributed by atoms with Crippen molar-refractivity contribution >= 4 is 17.0 Å². The number of rotatable bonds is 2. The summed E-state index contributed by atoms with van der Waals surface area (Å²) in [5.74, 6) is 0. The summed E-state index contributed by atoms with van der Waals surface area (Å²) in [6.07, 6.45) is 1.60. The van der Waals surface area contributed by atoms with Crippen LogP contribution in [0.15, 0.2) is 30.3 Å². The van der Waals surface area contributed by atoms with Gasteiger partial charge in [0.05, 0.1) is 5.69 Å². The summed E-state index contributed by atoms with van der Waals surface area (Å²) in [4.78, 5) is 0. The lowest BCUT2D eigenvalue weighted by Crippen LogP contribution is -2.18. The van der Waals surface area contributed by atoms with Gasteiger partial charge in [-0.05, 0) is 12.1 Å². The van der Waals surface area contributed by atoms with E-state index in [9.17, 15) is 4.21 Å². The minimum Gasteiger partial charge on any atom is -0.288 e. The zero-order valence-electron chi connectivity index (χ0n) is 6.04. The number of hydrogen-bond donors (Lipinski definition) is 1. The largest absolute Gasteiger partial charge is 0.288 e. The van der Waals surface area contributed by atoms with Crippen molar-refractivity contribution in [1.82, 2.24) is 0 Å². The third-order valence-corrected chi connectivity index (χ3v) is 1.84. The standard InChI is InChI=1S/C7H6N2O2S/c8-6-9(12(10)11)7-4-2-1-3-5-7/h1-5H,(H,10,11). The van der Waals surface area contributed by atoms with Crippen LogP contribution in [0, 0.1) is 11.5 Å². The fourth-order valence-corrected chi connectivity index (χ4v) is 1.12. The van der Waals surface area contributed by atoms with E-state index in [2.05, 4.69) is 0 Å². The van der Waals surface area contributed by atoms with Crippen molar-refractivity contribution in [2.45, 2.75) is 0 Å². The fraction of sp³-hybridized carbons (Fsp3) is 0. The van der Waals surface area contributed by atoms with E-state index in [1.165, 1.54) is 0 Å². The molecule has 0 fully saturated rings. The molecule has 4 nitrogen and oxygen atoms in total. The minimum absolute atomic E-state index is 0.404. The second-order valence-electron chi connectivity index (χ2n) is 1.96. The molecule has 0 spiro atoms. The zero-order chi connectivity index (χ0) is 8.97. The van der Waals surface area contributed by atoms with Crippen LogP contribution in [0.5, 0.6) is 0 Å². The van der Waals surface area contributed by atoms with E-state index >= 15 is 0 Å². The van der Waals surface area contributed by atoms with Crippen molar-refractivity contribution in [3.63, 3.8) is 0 Å². The molecule has 0 aliphatic heterocycles. The zero-order valence-corrected chi connectivity index (χ0v) is 6.86. The van der Waals surface area contributed by atoms with Gasteiger partial charge in [0.2, 0.25) is 0 Å². The Morgan fingerprint density at radius 3 is 2.42 bits per heavy atom. The van der Waals surface area contributed by atoms with Gasteiger partial charge in [-0.25, -0.2) is 4.21 Å². The molecule has 1 rings (SSSR count). The Morgan fingerprint density at radius 2 is 2.00 bits per heavy atom. The summed E-state index contributed by atoms with van der Waals surface area (Å²) in [5, 5.41) is 8.47. The normalized spacial score (nSPS) is 11.7. The van der Waals surface area contributed by atoms with Gasteiger partial charge in [0.25, 0.3) is 11.3 Å². The summed E-state index contributed by atoms with van der Waals surface area (Å²) < 4.78 is 19.9. The van der Waals surface area contributed by atoms with E-state index in [1.807, 2.05) is 0 Å². The highest BCUT2D eigenvalue weighted by atomic mass is 32.2. The van der Waals surface area contributed by atoms with Gasteiger partial charge in [-0.3, -0.25) is 4.55 Å². The lowest BCUT2D eigenvalue weighted by molar-refractivity contribution is 0.564. The van der Waals surface area contributed by atoms with E-state index in [1.54, 1.807) is 36.5 Å². The van der Waals surface area contributed by atoms with Crippen LogP contribution in [0.25, 0.3) is 0 Å². The highest BCUT2D eigenvalue weighted by molar-refractivity contribution is 7.81. The Labute approximate surface area is 72.5 Å². The Balaban J connectivity index is 2.98. The molecule has 0 saturated heterocycles. The van der Waals surface area contributed by atoms with Crippen molar-refractivity contribution in [2.24, 2.45) is 0 Å². The van der Waals surface area contributed by atoms with Gasteiger partial charge >= 0.3 is 0 Å². The average Bonchev–Trinajstić information content (AvgIpc) is 2.07. The third kappa shape index (κ3) is 1.81. The molecule has 0 amide bonds. The highest BCUT2D eigenvalue weighted by Gasteiger charge is 2.09. The molecule has 1 unspecified atom stereocenters. The number of benzene rings is 1. The Kier molecular flexibility index (Phi) is 2.80. The first-order chi connectivity index (χ1) is 5.75. The van der Waals surface area contributed by atoms with Gasteiger partial charge in [-0.15, -0.1) is 0 Å². The summed E-state index contributed by atoms with van der Waals surface area (Å²) in [7, 11) is 0. The maximum Gasteiger partial charge on any atom is 0.275 e. The molecule has 62 valence electrons. The summed E-state index contributed by atoms with van der Waals surface area (Å²) in [6.45, 7) is 0. The molecule has 12 heavy (non-hydrogen) atoms. The minimum atomic E-state index is -2.28. The number of hydrogen-bond acceptors (Lipinski definition) is 2. The van der Waals surface area contributed by atoms with Gasteiger partial charge in [0, 0.05) is 0 Å². The molecule has 1 aromatic rings. The predicted octanol–water partition coefficient (Wildman–Crippen LogP) is 1.11. The summed E-state index contributed by atoms with van der Waals surface area (Å²) >= 11 is -2.28. The highest BCUT2D eigenvalue weighted by Crippen LogP contribution is 2.12. The quantitative estimate of drug-likeness (QED) is 0.423. The van der Waals surface area contributed by atoms with Crippen LogP contribution in [-0.4, -0.2) is 8.76 Å². The van der Waals surface area contributed by atoms with Gasteiger partial charge in [0.1, 0.15) is 0 Å². The maximum atomic E-state index is 10.5. The number of para-hydroxylation sites is 1. The van der Waals surface area contributed by atoms with Crippen molar-refractivity contribution in [2.75, 3.05) is 4.31 Å². The lowest BCUT2D eigenvalue weighted by Gasteiger charge is -2.08.